The lowest BCUT2D eigenvalue weighted by Gasteiger charge is -2.23. The van der Waals surface area contributed by atoms with Crippen LogP contribution in [0.1, 0.15) is 33.5 Å². The van der Waals surface area contributed by atoms with Crippen LogP contribution in [0.3, 0.4) is 0 Å². The molecule has 2 atom stereocenters. The Labute approximate surface area is 291 Å². The predicted octanol–water partition coefficient (Wildman–Crippen LogP) is 5.05. The summed E-state index contributed by atoms with van der Waals surface area (Å²) >= 11 is 0. The van der Waals surface area contributed by atoms with Gasteiger partial charge in [-0.2, -0.15) is 0 Å². The number of rotatable bonds is 12. The number of fused-ring (bicyclic) bond motifs is 1. The van der Waals surface area contributed by atoms with Crippen molar-refractivity contribution in [1.82, 2.24) is 19.9 Å². The Morgan fingerprint density at radius 1 is 0.902 bits per heavy atom. The van der Waals surface area contributed by atoms with Crippen molar-refractivity contribution in [3.63, 3.8) is 0 Å². The Morgan fingerprint density at radius 3 is 2.25 bits per heavy atom. The first-order valence-electron chi connectivity index (χ1n) is 15.9. The first-order valence-corrected chi connectivity index (χ1v) is 15.9. The lowest BCUT2D eigenvalue weighted by Crippen LogP contribution is -2.44. The van der Waals surface area contributed by atoms with Crippen molar-refractivity contribution in [2.24, 2.45) is 0 Å². The van der Waals surface area contributed by atoms with Crippen LogP contribution >= 0.6 is 0 Å². The SMILES string of the molecule is COC(=O)c1ccc2oc(C(O)C(Cc3ccccc3)NC(=O)Cn3c(-c4ccccc4)ncc(NC(=O)OCc4ccccc4)c3=O)nc2c1. The second-order valence-corrected chi connectivity index (χ2v) is 11.5. The van der Waals surface area contributed by atoms with Crippen molar-refractivity contribution >= 4 is 34.8 Å². The molecular formula is C38H33N5O8. The van der Waals surface area contributed by atoms with Gasteiger partial charge in [0.2, 0.25) is 11.8 Å². The number of amides is 2. The van der Waals surface area contributed by atoms with E-state index in [2.05, 4.69) is 20.6 Å². The molecule has 13 heteroatoms. The van der Waals surface area contributed by atoms with Gasteiger partial charge in [0.25, 0.3) is 5.56 Å². The van der Waals surface area contributed by atoms with Crippen LogP contribution < -0.4 is 16.2 Å². The van der Waals surface area contributed by atoms with Gasteiger partial charge in [-0.1, -0.05) is 91.0 Å². The second kappa shape index (κ2) is 15.7. The number of aromatic nitrogens is 3. The summed E-state index contributed by atoms with van der Waals surface area (Å²) in [6, 6.07) is 30.6. The largest absolute Gasteiger partial charge is 0.465 e. The van der Waals surface area contributed by atoms with E-state index in [-0.39, 0.29) is 36.0 Å². The van der Waals surface area contributed by atoms with Crippen molar-refractivity contribution in [2.45, 2.75) is 31.7 Å². The average Bonchev–Trinajstić information content (AvgIpc) is 3.60. The van der Waals surface area contributed by atoms with Crippen LogP contribution in [0, 0.1) is 0 Å². The molecule has 0 radical (unpaired) electrons. The number of aliphatic hydroxyl groups is 1. The highest BCUT2D eigenvalue weighted by Gasteiger charge is 2.29. The van der Waals surface area contributed by atoms with Gasteiger partial charge >= 0.3 is 12.1 Å². The smallest absolute Gasteiger partial charge is 0.412 e. The summed E-state index contributed by atoms with van der Waals surface area (Å²) in [5.74, 6) is -1.10. The predicted molar refractivity (Wildman–Crippen MR) is 187 cm³/mol. The van der Waals surface area contributed by atoms with Crippen LogP contribution in [0.5, 0.6) is 0 Å². The van der Waals surface area contributed by atoms with Crippen LogP contribution in [0.2, 0.25) is 0 Å². The van der Waals surface area contributed by atoms with Crippen LogP contribution in [0.15, 0.2) is 125 Å². The zero-order valence-corrected chi connectivity index (χ0v) is 27.4. The highest BCUT2D eigenvalue weighted by atomic mass is 16.5. The number of anilines is 1. The third-order valence-corrected chi connectivity index (χ3v) is 7.93. The van der Waals surface area contributed by atoms with Gasteiger partial charge < -0.3 is 24.3 Å². The monoisotopic (exact) mass is 687 g/mol. The molecule has 3 N–H and O–H groups in total. The van der Waals surface area contributed by atoms with Crippen molar-refractivity contribution < 1.29 is 33.4 Å². The maximum Gasteiger partial charge on any atom is 0.412 e. The Hall–Kier alpha value is -6.60. The molecule has 0 bridgehead atoms. The van der Waals surface area contributed by atoms with E-state index >= 15 is 0 Å². The van der Waals surface area contributed by atoms with Crippen LogP contribution in [0.4, 0.5) is 10.5 Å². The number of hydrogen-bond donors (Lipinski definition) is 3. The topological polar surface area (TPSA) is 175 Å². The summed E-state index contributed by atoms with van der Waals surface area (Å²) in [6.45, 7) is -0.533. The normalized spacial score (nSPS) is 12.1. The number of carbonyl (C=O) groups excluding carboxylic acids is 3. The Morgan fingerprint density at radius 2 is 1.57 bits per heavy atom. The summed E-state index contributed by atoms with van der Waals surface area (Å²) in [7, 11) is 1.27. The molecule has 2 amide bonds. The number of benzene rings is 4. The average molecular weight is 688 g/mol. The lowest BCUT2D eigenvalue weighted by molar-refractivity contribution is -0.123. The van der Waals surface area contributed by atoms with Crippen molar-refractivity contribution in [3.05, 3.63) is 148 Å². The molecule has 13 nitrogen and oxygen atoms in total. The molecule has 51 heavy (non-hydrogen) atoms. The number of oxazole rings is 1. The van der Waals surface area contributed by atoms with Crippen molar-refractivity contribution in [2.75, 3.05) is 12.4 Å². The molecule has 6 aromatic rings. The van der Waals surface area contributed by atoms with Crippen molar-refractivity contribution in [1.29, 1.82) is 0 Å². The number of nitrogens with one attached hydrogen (secondary N) is 2. The number of nitrogens with zero attached hydrogens (tertiary/aromatic N) is 3. The van der Waals surface area contributed by atoms with E-state index in [1.54, 1.807) is 48.5 Å². The van der Waals surface area contributed by atoms with Gasteiger partial charge in [-0.25, -0.2) is 19.6 Å². The third kappa shape index (κ3) is 8.35. The van der Waals surface area contributed by atoms with Gasteiger partial charge in [-0.05, 0) is 35.7 Å². The lowest BCUT2D eigenvalue weighted by atomic mass is 10.0. The van der Waals surface area contributed by atoms with Crippen LogP contribution in [0.25, 0.3) is 22.5 Å². The fraction of sp³-hybridized carbons (Fsp3) is 0.158. The van der Waals surface area contributed by atoms with Gasteiger partial charge in [-0.3, -0.25) is 19.5 Å². The van der Waals surface area contributed by atoms with E-state index in [0.29, 0.717) is 16.7 Å². The number of ether oxygens (including phenoxy) is 2. The summed E-state index contributed by atoms with van der Waals surface area (Å²) in [6.07, 6.45) is -0.917. The summed E-state index contributed by atoms with van der Waals surface area (Å²) in [5.41, 5.74) is 2.11. The molecule has 6 rings (SSSR count). The molecule has 0 aliphatic carbocycles. The van der Waals surface area contributed by atoms with Gasteiger partial charge in [0.05, 0.1) is 24.9 Å². The first kappa shape index (κ1) is 34.3. The third-order valence-electron chi connectivity index (χ3n) is 7.93. The van der Waals surface area contributed by atoms with E-state index in [1.165, 1.54) is 25.4 Å². The minimum Gasteiger partial charge on any atom is -0.465 e. The highest BCUT2D eigenvalue weighted by Crippen LogP contribution is 2.25. The minimum atomic E-state index is -1.43. The van der Waals surface area contributed by atoms with E-state index in [0.717, 1.165) is 15.7 Å². The molecule has 2 unspecified atom stereocenters. The molecule has 258 valence electrons. The second-order valence-electron chi connectivity index (χ2n) is 11.5. The van der Waals surface area contributed by atoms with Gasteiger partial charge in [0.15, 0.2) is 11.7 Å². The number of hydrogen-bond acceptors (Lipinski definition) is 10. The molecule has 2 heterocycles. The van der Waals surface area contributed by atoms with E-state index in [9.17, 15) is 24.3 Å². The Balaban J connectivity index is 1.27. The Bertz CT molecular complexity index is 2200. The first-order chi connectivity index (χ1) is 24.8. The zero-order chi connectivity index (χ0) is 35.7. The van der Waals surface area contributed by atoms with Crippen LogP contribution in [-0.2, 0) is 33.8 Å². The highest BCUT2D eigenvalue weighted by molar-refractivity contribution is 5.93. The zero-order valence-electron chi connectivity index (χ0n) is 27.4. The molecule has 2 aromatic heterocycles. The molecular weight excluding hydrogens is 654 g/mol. The number of esters is 1. The maximum atomic E-state index is 13.8. The summed E-state index contributed by atoms with van der Waals surface area (Å²) in [4.78, 5) is 61.1. The molecule has 0 aliphatic heterocycles. The summed E-state index contributed by atoms with van der Waals surface area (Å²) in [5, 5.41) is 16.8. The fourth-order valence-corrected chi connectivity index (χ4v) is 5.41. The van der Waals surface area contributed by atoms with Crippen LogP contribution in [-0.4, -0.2) is 50.8 Å². The van der Waals surface area contributed by atoms with E-state index in [1.807, 2.05) is 48.5 Å². The fourth-order valence-electron chi connectivity index (χ4n) is 5.41. The molecule has 0 aliphatic rings. The van der Waals surface area contributed by atoms with Gasteiger partial charge in [0, 0.05) is 5.56 Å². The van der Waals surface area contributed by atoms with E-state index < -0.39 is 42.2 Å². The number of aliphatic hydroxyl groups excluding tert-OH is 1. The van der Waals surface area contributed by atoms with Crippen molar-refractivity contribution in [3.8, 4) is 11.4 Å². The van der Waals surface area contributed by atoms with E-state index in [4.69, 9.17) is 13.9 Å². The minimum absolute atomic E-state index is 0.0174. The standard InChI is InChI=1S/C38H33N5O8/c1-49-37(47)27-17-18-31-28(20-27)41-35(51-31)33(45)29(19-24-11-5-2-6-12-24)40-32(44)22-43-34(26-15-9-4-10-16-26)39-21-30(36(43)46)42-38(48)50-23-25-13-7-3-8-14-25/h2-18,20-21,29,33,45H,19,22-23H2,1H3,(H,40,44)(H,42,48). The molecule has 0 fully saturated rings. The number of methoxy groups -OCH3 is 1. The Kier molecular flexibility index (Phi) is 10.6. The summed E-state index contributed by atoms with van der Waals surface area (Å²) < 4.78 is 17.0. The number of carbonyl (C=O) groups is 3. The quantitative estimate of drug-likeness (QED) is 0.148. The maximum absolute atomic E-state index is 13.8. The molecule has 4 aromatic carbocycles. The molecule has 0 saturated heterocycles. The molecule has 0 spiro atoms. The van der Waals surface area contributed by atoms with Gasteiger partial charge in [0.1, 0.15) is 30.2 Å². The molecule has 0 saturated carbocycles. The van der Waals surface area contributed by atoms with Gasteiger partial charge in [-0.15, -0.1) is 0 Å².